The number of pyridine rings is 1. The molecule has 0 unspecified atom stereocenters. The van der Waals surface area contributed by atoms with Gasteiger partial charge < -0.3 is 15.3 Å². The van der Waals surface area contributed by atoms with E-state index in [1.165, 1.54) is 25.1 Å². The van der Waals surface area contributed by atoms with Gasteiger partial charge in [0.05, 0.1) is 5.71 Å². The molecule has 0 atom stereocenters. The summed E-state index contributed by atoms with van der Waals surface area (Å²) in [5.74, 6) is -0.972. The Morgan fingerprint density at radius 2 is 1.62 bits per heavy atom. The van der Waals surface area contributed by atoms with Gasteiger partial charge in [-0.3, -0.25) is 4.98 Å². The molecular weight excluding hydrogens is 358 g/mol. The number of hydrogen-bond acceptors (Lipinski definition) is 6. The average Bonchev–Trinajstić information content (AvgIpc) is 2.55. The standard InChI is InChI=1S/C12H14N2O3.C5H5N.Cu/c1-8(7-9(2)15)13-14-12(17)10-5-3-4-6-11(10)16;1-2-4-6-5-3-1;/h3-7,15-16H,1-2H3,(H,14,17);1-5H;/q;;+2/p-2/b9-7-,13-8+;;. The predicted octanol–water partition coefficient (Wildman–Crippen LogP) is 1.22. The SMILES string of the molecule is C/C([O-])=C/C(C)=N/N=C(\[O-])c1ccccc1O.[Cu+2].c1ccncc1. The molecule has 24 heavy (non-hydrogen) atoms. The second-order valence-electron chi connectivity index (χ2n) is 4.44. The van der Waals surface area contributed by atoms with Crippen LogP contribution in [-0.2, 0) is 17.1 Å². The summed E-state index contributed by atoms with van der Waals surface area (Å²) in [5.41, 5.74) is 0.410. The monoisotopic (exact) mass is 374 g/mol. The summed E-state index contributed by atoms with van der Waals surface area (Å²) < 4.78 is 0. The summed E-state index contributed by atoms with van der Waals surface area (Å²) in [6.45, 7) is 2.94. The zero-order chi connectivity index (χ0) is 17.1. The van der Waals surface area contributed by atoms with E-state index in [9.17, 15) is 15.3 Å². The number of benzene rings is 1. The third kappa shape index (κ3) is 8.73. The summed E-state index contributed by atoms with van der Waals surface area (Å²) in [7, 11) is 0. The van der Waals surface area contributed by atoms with Crippen LogP contribution >= 0.6 is 0 Å². The van der Waals surface area contributed by atoms with E-state index in [0.717, 1.165) is 0 Å². The Morgan fingerprint density at radius 1 is 1.00 bits per heavy atom. The zero-order valence-corrected chi connectivity index (χ0v) is 14.1. The molecule has 0 aliphatic carbocycles. The van der Waals surface area contributed by atoms with Gasteiger partial charge in [0.25, 0.3) is 0 Å². The van der Waals surface area contributed by atoms with Crippen LogP contribution in [0.2, 0.25) is 0 Å². The van der Waals surface area contributed by atoms with Gasteiger partial charge in [-0.25, -0.2) is 0 Å². The molecule has 6 nitrogen and oxygen atoms in total. The van der Waals surface area contributed by atoms with Crippen LogP contribution in [-0.4, -0.2) is 21.7 Å². The molecule has 1 heterocycles. The number of aromatic hydroxyl groups is 1. The van der Waals surface area contributed by atoms with Crippen molar-refractivity contribution in [1.29, 1.82) is 0 Å². The van der Waals surface area contributed by atoms with E-state index < -0.39 is 5.90 Å². The average molecular weight is 375 g/mol. The van der Waals surface area contributed by atoms with Gasteiger partial charge in [-0.1, -0.05) is 37.3 Å². The molecule has 0 spiro atoms. The summed E-state index contributed by atoms with van der Waals surface area (Å²) in [6.07, 6.45) is 4.77. The molecule has 7 heteroatoms. The fourth-order valence-corrected chi connectivity index (χ4v) is 1.47. The van der Waals surface area contributed by atoms with Gasteiger partial charge in [0, 0.05) is 23.9 Å². The second kappa shape index (κ2) is 11.9. The van der Waals surface area contributed by atoms with Crippen LogP contribution in [0.4, 0.5) is 0 Å². The molecule has 0 aliphatic heterocycles. The van der Waals surface area contributed by atoms with Crippen molar-refractivity contribution in [3.63, 3.8) is 0 Å². The fraction of sp³-hybridized carbons (Fsp3) is 0.118. The van der Waals surface area contributed by atoms with Crippen molar-refractivity contribution in [2.24, 2.45) is 10.2 Å². The number of phenols is 1. The Balaban J connectivity index is 0.000000635. The van der Waals surface area contributed by atoms with Crippen LogP contribution in [0.3, 0.4) is 0 Å². The molecule has 0 fully saturated rings. The van der Waals surface area contributed by atoms with Crippen molar-refractivity contribution in [2.45, 2.75) is 13.8 Å². The zero-order valence-electron chi connectivity index (χ0n) is 13.2. The van der Waals surface area contributed by atoms with Gasteiger partial charge in [0.15, 0.2) is 0 Å². The molecule has 1 radical (unpaired) electrons. The molecule has 0 bridgehead atoms. The predicted molar refractivity (Wildman–Crippen MR) is 85.7 cm³/mol. The first-order valence-corrected chi connectivity index (χ1v) is 6.78. The number of hydrogen-bond donors (Lipinski definition) is 1. The molecule has 0 aliphatic rings. The van der Waals surface area contributed by atoms with Crippen LogP contribution < -0.4 is 10.2 Å². The largest absolute Gasteiger partial charge is 2.00 e. The molecule has 1 aromatic heterocycles. The number of para-hydroxylation sites is 1. The molecule has 1 N–H and O–H groups in total. The third-order valence-corrected chi connectivity index (χ3v) is 2.41. The van der Waals surface area contributed by atoms with Gasteiger partial charge in [-0.05, 0) is 25.1 Å². The van der Waals surface area contributed by atoms with E-state index in [1.54, 1.807) is 31.5 Å². The second-order valence-corrected chi connectivity index (χ2v) is 4.44. The number of aromatic nitrogens is 1. The van der Waals surface area contributed by atoms with E-state index in [1.807, 2.05) is 18.2 Å². The molecule has 129 valence electrons. The smallest absolute Gasteiger partial charge is 0.876 e. The summed E-state index contributed by atoms with van der Waals surface area (Å²) in [6, 6.07) is 11.8. The maximum absolute atomic E-state index is 11.5. The van der Waals surface area contributed by atoms with Gasteiger partial charge in [-0.2, -0.15) is 10.2 Å². The Morgan fingerprint density at radius 3 is 2.08 bits per heavy atom. The maximum Gasteiger partial charge on any atom is 2.00 e. The van der Waals surface area contributed by atoms with E-state index in [0.29, 0.717) is 5.71 Å². The van der Waals surface area contributed by atoms with Crippen LogP contribution in [0, 0.1) is 0 Å². The summed E-state index contributed by atoms with van der Waals surface area (Å²) >= 11 is 0. The van der Waals surface area contributed by atoms with Crippen LogP contribution in [0.5, 0.6) is 5.75 Å². The Labute approximate surface area is 151 Å². The Hall–Kier alpha value is -2.63. The van der Waals surface area contributed by atoms with Gasteiger partial charge in [-0.15, -0.1) is 5.76 Å². The number of nitrogens with zero attached hydrogens (tertiary/aromatic N) is 3. The molecule has 0 amide bonds. The van der Waals surface area contributed by atoms with Gasteiger partial charge in [0.1, 0.15) is 5.75 Å². The Bertz CT molecular complexity index is 671. The minimum Gasteiger partial charge on any atom is -0.876 e. The number of rotatable bonds is 3. The first-order chi connectivity index (χ1) is 11.0. The van der Waals surface area contributed by atoms with E-state index in [4.69, 9.17) is 0 Å². The van der Waals surface area contributed by atoms with Crippen molar-refractivity contribution < 1.29 is 32.4 Å². The minimum atomic E-state index is -0.653. The van der Waals surface area contributed by atoms with Crippen LogP contribution in [0.25, 0.3) is 0 Å². The summed E-state index contributed by atoms with van der Waals surface area (Å²) in [5, 5.41) is 38.6. The molecule has 1 aromatic carbocycles. The van der Waals surface area contributed by atoms with E-state index in [2.05, 4.69) is 15.2 Å². The van der Waals surface area contributed by atoms with E-state index in [-0.39, 0.29) is 34.1 Å². The third-order valence-electron chi connectivity index (χ3n) is 2.41. The first kappa shape index (κ1) is 21.4. The van der Waals surface area contributed by atoms with Gasteiger partial charge in [0.2, 0.25) is 0 Å². The summed E-state index contributed by atoms with van der Waals surface area (Å²) in [4.78, 5) is 3.78. The normalized spacial score (nSPS) is 11.8. The quantitative estimate of drug-likeness (QED) is 0.287. The van der Waals surface area contributed by atoms with Crippen molar-refractivity contribution in [1.82, 2.24) is 4.98 Å². The van der Waals surface area contributed by atoms with Gasteiger partial charge >= 0.3 is 17.1 Å². The van der Waals surface area contributed by atoms with E-state index >= 15 is 0 Å². The molecule has 2 aromatic rings. The molecule has 0 saturated heterocycles. The fourth-order valence-electron chi connectivity index (χ4n) is 1.47. The Kier molecular flexibility index (Phi) is 10.6. The first-order valence-electron chi connectivity index (χ1n) is 6.78. The molecule has 0 saturated carbocycles. The topological polar surface area (TPSA) is 104 Å². The van der Waals surface area contributed by atoms with Crippen molar-refractivity contribution in [3.8, 4) is 5.75 Å². The minimum absolute atomic E-state index is 0. The molecular formula is C17H17CuN3O3. The van der Waals surface area contributed by atoms with Crippen molar-refractivity contribution in [2.75, 3.05) is 0 Å². The molecule has 2 rings (SSSR count). The van der Waals surface area contributed by atoms with Crippen LogP contribution in [0.1, 0.15) is 19.4 Å². The van der Waals surface area contributed by atoms with Crippen molar-refractivity contribution >= 4 is 11.6 Å². The maximum atomic E-state index is 11.5. The number of phenolic OH excluding ortho intramolecular Hbond substituents is 1. The number of allylic oxidation sites excluding steroid dienone is 2. The van der Waals surface area contributed by atoms with Crippen molar-refractivity contribution in [3.05, 3.63) is 72.3 Å². The van der Waals surface area contributed by atoms with Crippen LogP contribution in [0.15, 0.2) is 76.9 Å².